The molecule has 1 atom stereocenters. The van der Waals surface area contributed by atoms with Gasteiger partial charge in [-0.25, -0.2) is 4.79 Å². The van der Waals surface area contributed by atoms with Crippen LogP contribution in [-0.2, 0) is 9.53 Å². The smallest absolute Gasteiger partial charge is 0.380 e. The van der Waals surface area contributed by atoms with Crippen LogP contribution in [0.15, 0.2) is 0 Å². The van der Waals surface area contributed by atoms with Crippen LogP contribution in [0, 0.1) is 5.21 Å². The number of rotatable bonds is 1. The van der Waals surface area contributed by atoms with Gasteiger partial charge in [0.25, 0.3) is 5.54 Å². The predicted molar refractivity (Wildman–Crippen MR) is 53.2 cm³/mol. The molecule has 0 fully saturated rings. The highest BCUT2D eigenvalue weighted by Gasteiger charge is 2.47. The lowest BCUT2D eigenvalue weighted by molar-refractivity contribution is -0.518. The number of hydrogen-bond acceptors (Lipinski definition) is 3. The molecule has 80 valence electrons. The second-order valence-electron chi connectivity index (χ2n) is 4.82. The van der Waals surface area contributed by atoms with Gasteiger partial charge in [-0.3, -0.25) is 0 Å². The molecular weight excluding hydrogens is 182 g/mol. The van der Waals surface area contributed by atoms with Crippen LogP contribution in [0.3, 0.4) is 0 Å². The van der Waals surface area contributed by atoms with E-state index in [1.165, 1.54) is 6.21 Å². The van der Waals surface area contributed by atoms with E-state index in [2.05, 4.69) is 0 Å². The van der Waals surface area contributed by atoms with Crippen molar-refractivity contribution in [2.45, 2.75) is 51.7 Å². The molecule has 1 rings (SSSR count). The van der Waals surface area contributed by atoms with Crippen molar-refractivity contribution >= 4 is 12.2 Å². The van der Waals surface area contributed by atoms with Crippen LogP contribution in [0.1, 0.15) is 40.5 Å². The molecule has 0 aromatic heterocycles. The number of nitrogens with zero attached hydrogens (tertiary/aromatic N) is 1. The summed E-state index contributed by atoms with van der Waals surface area (Å²) in [6.07, 6.45) is 2.66. The van der Waals surface area contributed by atoms with E-state index in [1.807, 2.05) is 0 Å². The highest BCUT2D eigenvalue weighted by atomic mass is 16.6. The van der Waals surface area contributed by atoms with Crippen molar-refractivity contribution in [3.63, 3.8) is 0 Å². The summed E-state index contributed by atoms with van der Waals surface area (Å²) in [5.41, 5.74) is -1.56. The van der Waals surface area contributed by atoms with Crippen LogP contribution < -0.4 is 0 Å². The summed E-state index contributed by atoms with van der Waals surface area (Å²) < 4.78 is 5.90. The first-order valence-electron chi connectivity index (χ1n) is 4.79. The fourth-order valence-electron chi connectivity index (χ4n) is 1.35. The molecule has 0 saturated heterocycles. The number of hydroxylamine groups is 1. The molecule has 0 saturated carbocycles. The number of hydrogen-bond donors (Lipinski definition) is 0. The van der Waals surface area contributed by atoms with Crippen molar-refractivity contribution in [1.29, 1.82) is 0 Å². The fraction of sp³-hybridized carbons (Fsp3) is 0.800. The van der Waals surface area contributed by atoms with Crippen molar-refractivity contribution in [2.75, 3.05) is 0 Å². The lowest BCUT2D eigenvalue weighted by Gasteiger charge is -2.26. The van der Waals surface area contributed by atoms with Gasteiger partial charge in [-0.15, -0.1) is 0 Å². The maximum atomic E-state index is 11.7. The second-order valence-corrected chi connectivity index (χ2v) is 4.82. The first-order chi connectivity index (χ1) is 6.26. The van der Waals surface area contributed by atoms with Crippen LogP contribution >= 0.6 is 0 Å². The van der Waals surface area contributed by atoms with Crippen LogP contribution in [0.2, 0.25) is 0 Å². The van der Waals surface area contributed by atoms with Gasteiger partial charge in [0, 0.05) is 19.8 Å². The van der Waals surface area contributed by atoms with Gasteiger partial charge in [-0.1, -0.05) is 0 Å². The number of esters is 1. The summed E-state index contributed by atoms with van der Waals surface area (Å²) >= 11 is 0. The maximum absolute atomic E-state index is 11.7. The molecule has 1 heterocycles. The first-order valence-corrected chi connectivity index (χ1v) is 4.79. The minimum Gasteiger partial charge on any atom is -0.623 e. The average molecular weight is 199 g/mol. The third kappa shape index (κ3) is 2.05. The van der Waals surface area contributed by atoms with E-state index in [9.17, 15) is 10.0 Å². The van der Waals surface area contributed by atoms with E-state index in [4.69, 9.17) is 4.74 Å². The minimum absolute atomic E-state index is 0.436. The van der Waals surface area contributed by atoms with Crippen LogP contribution in [-0.4, -0.2) is 28.1 Å². The summed E-state index contributed by atoms with van der Waals surface area (Å²) in [7, 11) is 0. The molecule has 0 amide bonds. The largest absolute Gasteiger partial charge is 0.623 e. The van der Waals surface area contributed by atoms with E-state index in [0.29, 0.717) is 17.6 Å². The third-order valence-electron chi connectivity index (χ3n) is 2.25. The number of carbonyl (C=O) groups excluding carboxylic acids is 1. The van der Waals surface area contributed by atoms with Crippen molar-refractivity contribution in [3.8, 4) is 0 Å². The highest BCUT2D eigenvalue weighted by Crippen LogP contribution is 2.25. The van der Waals surface area contributed by atoms with Crippen molar-refractivity contribution in [3.05, 3.63) is 5.21 Å². The number of carbonyl (C=O) groups is 1. The molecule has 0 unspecified atom stereocenters. The third-order valence-corrected chi connectivity index (χ3v) is 2.25. The minimum atomic E-state index is -1.02. The summed E-state index contributed by atoms with van der Waals surface area (Å²) in [4.78, 5) is 11.7. The zero-order valence-corrected chi connectivity index (χ0v) is 9.16. The van der Waals surface area contributed by atoms with Crippen molar-refractivity contribution < 1.29 is 14.3 Å². The number of ether oxygens (including phenoxy) is 1. The quantitative estimate of drug-likeness (QED) is 0.365. The highest BCUT2D eigenvalue weighted by molar-refractivity contribution is 5.81. The monoisotopic (exact) mass is 199 g/mol. The summed E-state index contributed by atoms with van der Waals surface area (Å²) in [5, 5.41) is 11.4. The SMILES string of the molecule is CC(C)(C)OC(=O)[C@@]1(C)CCC=[N+]1[O-]. The Morgan fingerprint density at radius 2 is 2.14 bits per heavy atom. The van der Waals surface area contributed by atoms with Gasteiger partial charge in [0.1, 0.15) is 5.60 Å². The summed E-state index contributed by atoms with van der Waals surface area (Å²) in [5.74, 6) is -0.436. The lowest BCUT2D eigenvalue weighted by Crippen LogP contribution is -2.45. The summed E-state index contributed by atoms with van der Waals surface area (Å²) in [6.45, 7) is 7.00. The standard InChI is InChI=1S/C10H17NO3/c1-9(2,3)14-8(12)10(4)6-5-7-11(10)13/h7H,5-6H2,1-4H3/t10-/m1/s1. The molecule has 1 aliphatic rings. The lowest BCUT2D eigenvalue weighted by atomic mass is 9.99. The van der Waals surface area contributed by atoms with E-state index in [0.717, 1.165) is 0 Å². The van der Waals surface area contributed by atoms with Crippen molar-refractivity contribution in [1.82, 2.24) is 0 Å². The molecular formula is C10H17NO3. The summed E-state index contributed by atoms with van der Waals surface area (Å²) in [6, 6.07) is 0. The predicted octanol–water partition coefficient (Wildman–Crippen LogP) is 1.46. The molecule has 1 aliphatic heterocycles. The Labute approximate surface area is 84.1 Å². The zero-order chi connectivity index (χ0) is 11.0. The van der Waals surface area contributed by atoms with Gasteiger partial charge in [0.2, 0.25) is 0 Å². The van der Waals surface area contributed by atoms with E-state index >= 15 is 0 Å². The average Bonchev–Trinajstić information content (AvgIpc) is 2.30. The van der Waals surface area contributed by atoms with E-state index < -0.39 is 17.1 Å². The van der Waals surface area contributed by atoms with Gasteiger partial charge < -0.3 is 9.94 Å². The van der Waals surface area contributed by atoms with Gasteiger partial charge in [-0.05, 0) is 20.8 Å². The molecule has 0 radical (unpaired) electrons. The molecule has 14 heavy (non-hydrogen) atoms. The molecule has 0 N–H and O–H groups in total. The topological polar surface area (TPSA) is 52.4 Å². The molecule has 0 aromatic rings. The fourth-order valence-corrected chi connectivity index (χ4v) is 1.35. The Kier molecular flexibility index (Phi) is 2.56. The normalized spacial score (nSPS) is 27.3. The first kappa shape index (κ1) is 11.0. The Morgan fingerprint density at radius 1 is 1.57 bits per heavy atom. The van der Waals surface area contributed by atoms with E-state index in [-0.39, 0.29) is 0 Å². The Hall–Kier alpha value is -1.06. The molecule has 0 aromatic carbocycles. The maximum Gasteiger partial charge on any atom is 0.380 e. The van der Waals surface area contributed by atoms with Gasteiger partial charge in [0.15, 0.2) is 6.21 Å². The molecule has 4 heteroatoms. The Bertz CT molecular complexity index is 278. The van der Waals surface area contributed by atoms with Gasteiger partial charge in [-0.2, -0.15) is 4.74 Å². The molecule has 0 aliphatic carbocycles. The van der Waals surface area contributed by atoms with Gasteiger partial charge >= 0.3 is 5.97 Å². The van der Waals surface area contributed by atoms with Crippen molar-refractivity contribution in [2.24, 2.45) is 0 Å². The molecule has 4 nitrogen and oxygen atoms in total. The van der Waals surface area contributed by atoms with Crippen LogP contribution in [0.25, 0.3) is 0 Å². The molecule has 0 spiro atoms. The Balaban J connectivity index is 2.75. The van der Waals surface area contributed by atoms with Crippen LogP contribution in [0.5, 0.6) is 0 Å². The zero-order valence-electron chi connectivity index (χ0n) is 9.16. The van der Waals surface area contributed by atoms with E-state index in [1.54, 1.807) is 27.7 Å². The molecule has 0 bridgehead atoms. The Morgan fingerprint density at radius 3 is 2.50 bits per heavy atom. The second kappa shape index (κ2) is 3.26. The van der Waals surface area contributed by atoms with Crippen LogP contribution in [0.4, 0.5) is 0 Å². The van der Waals surface area contributed by atoms with Gasteiger partial charge in [0.05, 0.1) is 0 Å².